The molecular weight excluding hydrogens is 141 g/mol. The Morgan fingerprint density at radius 2 is 2.36 bits per heavy atom. The van der Waals surface area contributed by atoms with Crippen LogP contribution in [0.5, 0.6) is 0 Å². The maximum atomic E-state index is 12.5. The maximum absolute atomic E-state index is 12.5. The lowest BCUT2D eigenvalue weighted by atomic mass is 10.2. The molecule has 0 spiro atoms. The summed E-state index contributed by atoms with van der Waals surface area (Å²) in [5.74, 6) is 2.15. The molecule has 0 bridgehead atoms. The summed E-state index contributed by atoms with van der Waals surface area (Å²) in [6, 6.07) is 6.31. The second-order valence-electron chi connectivity index (χ2n) is 2.10. The average Bonchev–Trinajstić information content (AvgIpc) is 2.01. The zero-order valence-corrected chi connectivity index (χ0v) is 6.05. The van der Waals surface area contributed by atoms with Crippen LogP contribution in [0.2, 0.25) is 0 Å². The van der Waals surface area contributed by atoms with Gasteiger partial charge in [0.15, 0.2) is 0 Å². The summed E-state index contributed by atoms with van der Waals surface area (Å²) in [7, 11) is 0. The van der Waals surface area contributed by atoms with Crippen molar-refractivity contribution in [2.24, 2.45) is 4.99 Å². The summed E-state index contributed by atoms with van der Waals surface area (Å²) in [6.07, 6.45) is 0. The molecule has 0 atom stereocenters. The minimum absolute atomic E-state index is 0.234. The molecule has 0 aliphatic carbocycles. The molecule has 0 saturated carbocycles. The summed E-state index contributed by atoms with van der Waals surface area (Å²) in [5.41, 5.74) is 0.834. The Kier molecular flexibility index (Phi) is 2.59. The molecule has 0 unspecified atom stereocenters. The molecule has 0 heterocycles. The van der Waals surface area contributed by atoms with Crippen molar-refractivity contribution < 1.29 is 4.39 Å². The van der Waals surface area contributed by atoms with E-state index < -0.39 is 0 Å². The van der Waals surface area contributed by atoms with Gasteiger partial charge in [0.05, 0.1) is 6.54 Å². The average molecular weight is 149 g/mol. The summed E-state index contributed by atoms with van der Waals surface area (Å²) in [6.45, 7) is 3.76. The van der Waals surface area contributed by atoms with Gasteiger partial charge in [-0.1, -0.05) is 12.1 Å². The largest absolute Gasteiger partial charge is 0.239 e. The zero-order valence-electron chi connectivity index (χ0n) is 6.05. The van der Waals surface area contributed by atoms with E-state index in [9.17, 15) is 4.39 Å². The highest BCUT2D eigenvalue weighted by molar-refractivity contribution is 5.46. The van der Waals surface area contributed by atoms with Gasteiger partial charge < -0.3 is 0 Å². The molecule has 0 aromatic heterocycles. The van der Waals surface area contributed by atoms with E-state index >= 15 is 0 Å². The lowest BCUT2D eigenvalue weighted by Crippen LogP contribution is -1.81. The highest BCUT2D eigenvalue weighted by Crippen LogP contribution is 2.03. The summed E-state index contributed by atoms with van der Waals surface area (Å²) in [5, 5.41) is 0. The van der Waals surface area contributed by atoms with Gasteiger partial charge in [-0.15, -0.1) is 0 Å². The maximum Gasteiger partial charge on any atom is 0.123 e. The molecule has 0 N–H and O–H groups in total. The van der Waals surface area contributed by atoms with Crippen LogP contribution in [0.1, 0.15) is 5.56 Å². The lowest BCUT2D eigenvalue weighted by Gasteiger charge is -1.93. The van der Waals surface area contributed by atoms with Gasteiger partial charge in [0.2, 0.25) is 0 Å². The van der Waals surface area contributed by atoms with Gasteiger partial charge in [-0.25, -0.2) is 9.38 Å². The summed E-state index contributed by atoms with van der Waals surface area (Å²) in [4.78, 5) is 3.76. The molecule has 1 nitrogen and oxygen atoms in total. The van der Waals surface area contributed by atoms with Crippen LogP contribution < -0.4 is 0 Å². The van der Waals surface area contributed by atoms with E-state index in [0.717, 1.165) is 5.56 Å². The number of hydrogen-bond acceptors (Lipinski definition) is 1. The van der Waals surface area contributed by atoms with Crippen molar-refractivity contribution in [2.45, 2.75) is 6.54 Å². The minimum atomic E-state index is -0.234. The van der Waals surface area contributed by atoms with Gasteiger partial charge in [0.25, 0.3) is 0 Å². The molecule has 0 aliphatic heterocycles. The lowest BCUT2D eigenvalue weighted by molar-refractivity contribution is 0.625. The molecule has 11 heavy (non-hydrogen) atoms. The first kappa shape index (κ1) is 7.70. The summed E-state index contributed by atoms with van der Waals surface area (Å²) >= 11 is 0. The fraction of sp³-hybridized carbons (Fsp3) is 0.111. The minimum Gasteiger partial charge on any atom is -0.239 e. The fourth-order valence-corrected chi connectivity index (χ4v) is 0.783. The van der Waals surface area contributed by atoms with E-state index in [4.69, 9.17) is 0 Å². The van der Waals surface area contributed by atoms with E-state index in [1.165, 1.54) is 12.1 Å². The monoisotopic (exact) mass is 149 g/mol. The van der Waals surface area contributed by atoms with Crippen LogP contribution in [0, 0.1) is 5.82 Å². The number of rotatable bonds is 2. The fourth-order valence-electron chi connectivity index (χ4n) is 0.783. The first-order valence-corrected chi connectivity index (χ1v) is 3.26. The van der Waals surface area contributed by atoms with Crippen LogP contribution in [0.4, 0.5) is 4.39 Å². The van der Waals surface area contributed by atoms with E-state index in [-0.39, 0.29) is 5.82 Å². The van der Waals surface area contributed by atoms with Crippen LogP contribution in [0.25, 0.3) is 0 Å². The van der Waals surface area contributed by atoms with E-state index in [1.54, 1.807) is 6.07 Å². The molecule has 1 aromatic carbocycles. The van der Waals surface area contributed by atoms with Gasteiger partial charge in [0, 0.05) is 0 Å². The molecule has 0 amide bonds. The van der Waals surface area contributed by atoms with Crippen molar-refractivity contribution in [3.05, 3.63) is 42.2 Å². The Hall–Kier alpha value is -1.40. The number of nitrogens with zero attached hydrogens (tertiary/aromatic N) is 1. The van der Waals surface area contributed by atoms with Crippen molar-refractivity contribution in [2.75, 3.05) is 0 Å². The highest BCUT2D eigenvalue weighted by atomic mass is 19.1. The van der Waals surface area contributed by atoms with Crippen LogP contribution >= 0.6 is 0 Å². The Labute approximate surface area is 64.9 Å². The SMILES string of the molecule is C=C=NCc1cccc(F)c1. The van der Waals surface area contributed by atoms with Gasteiger partial charge >= 0.3 is 0 Å². The number of hydrogen-bond donors (Lipinski definition) is 0. The number of aliphatic imine (C=N–C) groups is 1. The van der Waals surface area contributed by atoms with Gasteiger partial charge in [-0.05, 0) is 30.1 Å². The normalized spacial score (nSPS) is 8.82. The molecule has 56 valence electrons. The summed E-state index contributed by atoms with van der Waals surface area (Å²) < 4.78 is 12.5. The Balaban J connectivity index is 2.79. The van der Waals surface area contributed by atoms with E-state index in [1.807, 2.05) is 6.07 Å². The topological polar surface area (TPSA) is 12.4 Å². The molecule has 0 fully saturated rings. The molecule has 0 radical (unpaired) electrons. The third-order valence-corrected chi connectivity index (χ3v) is 1.26. The second-order valence-corrected chi connectivity index (χ2v) is 2.10. The van der Waals surface area contributed by atoms with Crippen LogP contribution in [0.3, 0.4) is 0 Å². The smallest absolute Gasteiger partial charge is 0.123 e. The van der Waals surface area contributed by atoms with Crippen LogP contribution in [0.15, 0.2) is 35.8 Å². The number of benzene rings is 1. The molecule has 2 heteroatoms. The zero-order chi connectivity index (χ0) is 8.10. The van der Waals surface area contributed by atoms with Gasteiger partial charge in [-0.3, -0.25) is 0 Å². The Morgan fingerprint density at radius 3 is 3.00 bits per heavy atom. The van der Waals surface area contributed by atoms with Crippen molar-refractivity contribution in [3.8, 4) is 0 Å². The first-order valence-electron chi connectivity index (χ1n) is 3.26. The second kappa shape index (κ2) is 3.69. The molecule has 0 saturated heterocycles. The Morgan fingerprint density at radius 1 is 1.55 bits per heavy atom. The molecule has 1 aromatic rings. The van der Waals surface area contributed by atoms with Crippen LogP contribution in [-0.2, 0) is 6.54 Å². The van der Waals surface area contributed by atoms with Gasteiger partial charge in [0.1, 0.15) is 5.82 Å². The predicted octanol–water partition coefficient (Wildman–Crippen LogP) is 2.18. The highest BCUT2D eigenvalue weighted by Gasteiger charge is 1.91. The third-order valence-electron chi connectivity index (χ3n) is 1.26. The van der Waals surface area contributed by atoms with E-state index in [0.29, 0.717) is 6.54 Å². The first-order chi connectivity index (χ1) is 5.33. The van der Waals surface area contributed by atoms with Crippen molar-refractivity contribution in [1.29, 1.82) is 0 Å². The van der Waals surface area contributed by atoms with Crippen molar-refractivity contribution in [3.63, 3.8) is 0 Å². The van der Waals surface area contributed by atoms with Gasteiger partial charge in [-0.2, -0.15) is 0 Å². The Bertz CT molecular complexity index is 287. The van der Waals surface area contributed by atoms with E-state index in [2.05, 4.69) is 17.4 Å². The van der Waals surface area contributed by atoms with Crippen molar-refractivity contribution in [1.82, 2.24) is 0 Å². The molecular formula is C9H8FN. The molecule has 1 rings (SSSR count). The number of halogens is 1. The van der Waals surface area contributed by atoms with Crippen molar-refractivity contribution >= 4 is 5.87 Å². The standard InChI is InChI=1S/C9H8FN/c1-2-11-7-8-4-3-5-9(10)6-8/h3-6H,1,7H2. The molecule has 0 aliphatic rings. The predicted molar refractivity (Wildman–Crippen MR) is 43.2 cm³/mol. The van der Waals surface area contributed by atoms with Crippen LogP contribution in [-0.4, -0.2) is 5.87 Å². The third kappa shape index (κ3) is 2.36. The quantitative estimate of drug-likeness (QED) is 0.571.